The molecule has 3 aliphatic rings. The van der Waals surface area contributed by atoms with Crippen molar-refractivity contribution in [1.82, 2.24) is 10.2 Å². The average Bonchev–Trinajstić information content (AvgIpc) is 3.72. The highest BCUT2D eigenvalue weighted by molar-refractivity contribution is 6.34. The van der Waals surface area contributed by atoms with Crippen LogP contribution in [-0.2, 0) is 35.0 Å². The molecule has 3 amide bonds. The van der Waals surface area contributed by atoms with Crippen LogP contribution in [0.25, 0.3) is 0 Å². The number of hydrogen-bond donors (Lipinski definition) is 2. The number of carbonyl (C=O) groups is 4. The van der Waals surface area contributed by atoms with Crippen LogP contribution in [0, 0.1) is 18.8 Å². The summed E-state index contributed by atoms with van der Waals surface area (Å²) >= 11 is 6.74. The Bertz CT molecular complexity index is 1500. The Balaban J connectivity index is 1.75. The van der Waals surface area contributed by atoms with Crippen LogP contribution >= 0.6 is 11.6 Å². The van der Waals surface area contributed by atoms with Crippen LogP contribution in [0.4, 0.5) is 10.5 Å². The van der Waals surface area contributed by atoms with Gasteiger partial charge in [0.05, 0.1) is 23.2 Å². The third kappa shape index (κ3) is 7.90. The van der Waals surface area contributed by atoms with E-state index in [0.29, 0.717) is 23.6 Å². The molecule has 1 aromatic carbocycles. The zero-order valence-electron chi connectivity index (χ0n) is 29.5. The van der Waals surface area contributed by atoms with Crippen molar-refractivity contribution in [3.8, 4) is 0 Å². The van der Waals surface area contributed by atoms with Gasteiger partial charge in [0, 0.05) is 38.8 Å². The first-order chi connectivity index (χ1) is 22.4. The summed E-state index contributed by atoms with van der Waals surface area (Å²) in [5.74, 6) is -2.14. The van der Waals surface area contributed by atoms with Gasteiger partial charge in [-0.1, -0.05) is 62.2 Å². The molecule has 264 valence electrons. The Morgan fingerprint density at radius 2 is 1.94 bits per heavy atom. The molecule has 0 radical (unpaired) electrons. The number of aryl methyl sites for hydroxylation is 1. The number of nitrogens with zero attached hydrogens (tertiary/aromatic N) is 2. The van der Waals surface area contributed by atoms with Gasteiger partial charge in [0.25, 0.3) is 0 Å². The fourth-order valence-corrected chi connectivity index (χ4v) is 6.79. The van der Waals surface area contributed by atoms with E-state index >= 15 is 0 Å². The van der Waals surface area contributed by atoms with Crippen LogP contribution in [0.1, 0.15) is 78.4 Å². The summed E-state index contributed by atoms with van der Waals surface area (Å²) in [6.07, 6.45) is 3.86. The number of rotatable bonds is 5. The van der Waals surface area contributed by atoms with Crippen molar-refractivity contribution >= 4 is 41.2 Å². The summed E-state index contributed by atoms with van der Waals surface area (Å²) in [5.41, 5.74) is 0.583. The number of fused-ring (bicyclic) bond motifs is 5. The lowest BCUT2D eigenvalue weighted by Gasteiger charge is -2.41. The number of amides is 3. The Hall–Kier alpha value is -3.41. The second kappa shape index (κ2) is 14.6. The second-order valence-electron chi connectivity index (χ2n) is 13.9. The van der Waals surface area contributed by atoms with Crippen LogP contribution in [0.5, 0.6) is 0 Å². The van der Waals surface area contributed by atoms with Crippen molar-refractivity contribution < 1.29 is 38.5 Å². The van der Waals surface area contributed by atoms with Crippen molar-refractivity contribution in [2.24, 2.45) is 11.8 Å². The zero-order valence-corrected chi connectivity index (χ0v) is 30.2. The van der Waals surface area contributed by atoms with Gasteiger partial charge in [-0.2, -0.15) is 0 Å². The number of halogens is 1. The average molecular weight is 688 g/mol. The van der Waals surface area contributed by atoms with E-state index in [9.17, 15) is 24.3 Å². The van der Waals surface area contributed by atoms with Gasteiger partial charge in [-0.3, -0.25) is 14.9 Å². The molecule has 0 aliphatic carbocycles. The largest absolute Gasteiger partial charge is 0.457 e. The molecule has 0 aromatic heterocycles. The van der Waals surface area contributed by atoms with Crippen LogP contribution in [0.3, 0.4) is 0 Å². The number of ether oxygens (including phenoxy) is 3. The molecule has 4 rings (SSSR count). The molecule has 12 heteroatoms. The molecule has 3 aliphatic heterocycles. The summed E-state index contributed by atoms with van der Waals surface area (Å²) in [7, 11) is 3.18. The predicted molar refractivity (Wildman–Crippen MR) is 182 cm³/mol. The van der Waals surface area contributed by atoms with E-state index in [2.05, 4.69) is 5.32 Å². The predicted octanol–water partition coefficient (Wildman–Crippen LogP) is 5.24. The van der Waals surface area contributed by atoms with Gasteiger partial charge in [0.2, 0.25) is 11.8 Å². The first-order valence-electron chi connectivity index (χ1n) is 16.7. The number of allylic oxidation sites excluding steroid dienone is 3. The topological polar surface area (TPSA) is 138 Å². The van der Waals surface area contributed by atoms with Crippen molar-refractivity contribution in [3.05, 3.63) is 52.1 Å². The first-order valence-corrected chi connectivity index (χ1v) is 17.0. The Morgan fingerprint density at radius 3 is 2.60 bits per heavy atom. The lowest BCUT2D eigenvalue weighted by molar-refractivity contribution is -0.162. The van der Waals surface area contributed by atoms with Crippen LogP contribution < -0.4 is 10.2 Å². The fraction of sp³-hybridized carbons (Fsp3) is 0.611. The number of hydrogen-bond acceptors (Lipinski definition) is 8. The molecule has 0 spiro atoms. The number of epoxide rings is 1. The first kappa shape index (κ1) is 37.4. The molecule has 0 saturated carbocycles. The number of aliphatic hydroxyl groups is 1. The number of nitrogens with one attached hydrogen (secondary N) is 1. The molecule has 1 aromatic rings. The number of esters is 1. The maximum Gasteiger partial charge on any atom is 0.409 e. The fourth-order valence-electron chi connectivity index (χ4n) is 6.55. The van der Waals surface area contributed by atoms with Crippen LogP contribution in [-0.4, -0.2) is 83.7 Å². The van der Waals surface area contributed by atoms with Crippen molar-refractivity contribution in [2.45, 2.75) is 116 Å². The van der Waals surface area contributed by atoms with Gasteiger partial charge < -0.3 is 29.1 Å². The van der Waals surface area contributed by atoms with E-state index in [1.165, 1.54) is 9.80 Å². The van der Waals surface area contributed by atoms with E-state index < -0.39 is 59.6 Å². The Kier molecular flexibility index (Phi) is 11.4. The number of alkyl carbamates (subject to hydrolysis) is 1. The third-order valence-electron chi connectivity index (χ3n) is 10.1. The molecule has 4 bridgehead atoms. The Morgan fingerprint density at radius 1 is 1.25 bits per heavy atom. The molecular weight excluding hydrogens is 638 g/mol. The third-order valence-corrected chi connectivity index (χ3v) is 10.6. The molecule has 2 fully saturated rings. The maximum atomic E-state index is 14.0. The number of benzene rings is 1. The SMILES string of the molecule is CCCC(=O)N(C)[C@@H](C)C(=O)OC1CC(=O)N(C)c2cc(cc(C)c2Cl)C/C(C)=C/C=C/C(C)C2(O)CC(OC(=O)N2)C(C)C2OC12C. The van der Waals surface area contributed by atoms with E-state index in [4.69, 9.17) is 25.8 Å². The summed E-state index contributed by atoms with van der Waals surface area (Å²) < 4.78 is 17.9. The molecule has 48 heavy (non-hydrogen) atoms. The maximum absolute atomic E-state index is 14.0. The minimum Gasteiger partial charge on any atom is -0.457 e. The quantitative estimate of drug-likeness (QED) is 0.317. The highest BCUT2D eigenvalue weighted by atomic mass is 35.5. The Labute approximate surface area is 288 Å². The number of anilines is 1. The van der Waals surface area contributed by atoms with Crippen molar-refractivity contribution in [3.63, 3.8) is 0 Å². The second-order valence-corrected chi connectivity index (χ2v) is 14.3. The monoisotopic (exact) mass is 687 g/mol. The summed E-state index contributed by atoms with van der Waals surface area (Å²) in [6, 6.07) is 2.94. The molecule has 7 unspecified atom stereocenters. The normalized spacial score (nSPS) is 33.3. The highest BCUT2D eigenvalue weighted by Gasteiger charge is 2.64. The van der Waals surface area contributed by atoms with E-state index in [1.54, 1.807) is 27.9 Å². The summed E-state index contributed by atoms with van der Waals surface area (Å²) in [4.78, 5) is 55.6. The van der Waals surface area contributed by atoms with Gasteiger partial charge in [0.1, 0.15) is 29.6 Å². The van der Waals surface area contributed by atoms with Gasteiger partial charge in [0.15, 0.2) is 0 Å². The van der Waals surface area contributed by atoms with Gasteiger partial charge >= 0.3 is 12.1 Å². The van der Waals surface area contributed by atoms with Crippen LogP contribution in [0.2, 0.25) is 5.02 Å². The van der Waals surface area contributed by atoms with Gasteiger partial charge in [-0.25, -0.2) is 9.59 Å². The van der Waals surface area contributed by atoms with E-state index in [1.807, 2.05) is 65.0 Å². The molecule has 2 saturated heterocycles. The molecule has 3 heterocycles. The van der Waals surface area contributed by atoms with Gasteiger partial charge in [-0.05, 0) is 57.7 Å². The number of carbonyl (C=O) groups excluding carboxylic acids is 4. The van der Waals surface area contributed by atoms with Crippen molar-refractivity contribution in [2.75, 3.05) is 19.0 Å². The summed E-state index contributed by atoms with van der Waals surface area (Å²) in [6.45, 7) is 12.7. The molecule has 11 nitrogen and oxygen atoms in total. The van der Waals surface area contributed by atoms with Crippen molar-refractivity contribution in [1.29, 1.82) is 0 Å². The minimum absolute atomic E-state index is 0.0845. The zero-order chi connectivity index (χ0) is 35.7. The highest BCUT2D eigenvalue weighted by Crippen LogP contribution is 2.49. The molecule has 2 N–H and O–H groups in total. The minimum atomic E-state index is -1.58. The van der Waals surface area contributed by atoms with E-state index in [-0.39, 0.29) is 31.1 Å². The van der Waals surface area contributed by atoms with E-state index in [0.717, 1.165) is 16.7 Å². The van der Waals surface area contributed by atoms with Crippen LogP contribution in [0.15, 0.2) is 35.9 Å². The lowest BCUT2D eigenvalue weighted by atomic mass is 9.82. The van der Waals surface area contributed by atoms with Gasteiger partial charge in [-0.15, -0.1) is 0 Å². The summed E-state index contributed by atoms with van der Waals surface area (Å²) in [5, 5.41) is 14.6. The lowest BCUT2D eigenvalue weighted by Crippen LogP contribution is -2.60. The molecule has 8 atom stereocenters. The smallest absolute Gasteiger partial charge is 0.409 e. The molecular formula is C36H50ClN3O8. The standard InChI is InChI=1S/C36H50ClN3O8/c1-10-12-29(41)39(8)24(6)33(43)47-28-18-30(42)40(9)26-17-25(16-21(3)31(26)37)15-20(2)13-11-14-22(4)36(45)19-27(46-34(44)38-36)23(5)32-35(28,7)48-32/h11,13-14,16-17,22-24,27-28,32,45H,10,12,15,18-19H2,1-9H3,(H,38,44)/b14-11+,20-13+/t22?,23?,24-,27?,28?,32?,35?,36?/m0/s1. The number of likely N-dealkylation sites (N-methyl/N-ethyl adjacent to an activating group) is 1.